The molecule has 0 atom stereocenters. The molecule has 1 aromatic carbocycles. The molecular formula is C17H17N5O2S2. The second kappa shape index (κ2) is 7.55. The van der Waals surface area contributed by atoms with Crippen LogP contribution in [0.5, 0.6) is 0 Å². The normalized spacial score (nSPS) is 13.7. The minimum atomic E-state index is 0.101. The third kappa shape index (κ3) is 3.78. The molecular weight excluding hydrogens is 370 g/mol. The zero-order valence-electron chi connectivity index (χ0n) is 14.2. The molecule has 0 bridgehead atoms. The van der Waals surface area contributed by atoms with E-state index in [1.165, 1.54) is 23.1 Å². The van der Waals surface area contributed by atoms with Crippen LogP contribution in [0.3, 0.4) is 0 Å². The van der Waals surface area contributed by atoms with E-state index in [4.69, 9.17) is 4.42 Å². The lowest BCUT2D eigenvalue weighted by molar-refractivity contribution is -0.118. The van der Waals surface area contributed by atoms with Crippen LogP contribution in [0.1, 0.15) is 32.1 Å². The molecule has 4 rings (SSSR count). The summed E-state index contributed by atoms with van der Waals surface area (Å²) in [6.45, 7) is 1.87. The first kappa shape index (κ1) is 17.2. The lowest BCUT2D eigenvalue weighted by Crippen LogP contribution is -2.32. The van der Waals surface area contributed by atoms with Crippen LogP contribution in [0.4, 0.5) is 5.13 Å². The van der Waals surface area contributed by atoms with Gasteiger partial charge in [-0.1, -0.05) is 48.2 Å². The lowest BCUT2D eigenvalue weighted by atomic mass is 10.2. The summed E-state index contributed by atoms with van der Waals surface area (Å²) < 4.78 is 6.48. The first-order valence-corrected chi connectivity index (χ1v) is 10.2. The van der Waals surface area contributed by atoms with Crippen LogP contribution in [-0.4, -0.2) is 32.3 Å². The highest BCUT2D eigenvalue weighted by atomic mass is 32.2. The number of hydrogen-bond donors (Lipinski definition) is 0. The lowest BCUT2D eigenvalue weighted by Gasteiger charge is -2.17. The Bertz CT molecular complexity index is 891. The van der Waals surface area contributed by atoms with Gasteiger partial charge in [0.1, 0.15) is 0 Å². The van der Waals surface area contributed by atoms with E-state index in [9.17, 15) is 4.79 Å². The Hall–Kier alpha value is -2.26. The molecule has 0 radical (unpaired) electrons. The summed E-state index contributed by atoms with van der Waals surface area (Å²) in [5.74, 6) is 1.66. The van der Waals surface area contributed by atoms with Crippen molar-refractivity contribution in [3.63, 3.8) is 0 Å². The average Bonchev–Trinajstić information content (AvgIpc) is 3.20. The van der Waals surface area contributed by atoms with E-state index < -0.39 is 0 Å². The van der Waals surface area contributed by atoms with Crippen LogP contribution in [0.2, 0.25) is 0 Å². The number of carbonyl (C=O) groups is 1. The van der Waals surface area contributed by atoms with Gasteiger partial charge in [0.15, 0.2) is 4.34 Å². The summed E-state index contributed by atoms with van der Waals surface area (Å²) in [6.07, 6.45) is 2.55. The number of hydrogen-bond acceptors (Lipinski definition) is 8. The monoisotopic (exact) mass is 387 g/mol. The molecule has 1 amide bonds. The van der Waals surface area contributed by atoms with Gasteiger partial charge in [-0.15, -0.1) is 20.4 Å². The summed E-state index contributed by atoms with van der Waals surface area (Å²) >= 11 is 2.91. The van der Waals surface area contributed by atoms with Crippen LogP contribution in [-0.2, 0) is 10.5 Å². The zero-order chi connectivity index (χ0) is 17.9. The summed E-state index contributed by atoms with van der Waals surface area (Å²) in [5.41, 5.74) is 0.896. The van der Waals surface area contributed by atoms with E-state index in [-0.39, 0.29) is 11.9 Å². The van der Waals surface area contributed by atoms with Gasteiger partial charge in [0, 0.05) is 18.0 Å². The number of amides is 1. The number of aromatic nitrogens is 4. The summed E-state index contributed by atoms with van der Waals surface area (Å²) in [4.78, 5) is 13.9. The molecule has 3 aromatic rings. The first-order valence-electron chi connectivity index (χ1n) is 8.40. The summed E-state index contributed by atoms with van der Waals surface area (Å²) in [6, 6.07) is 9.95. The van der Waals surface area contributed by atoms with E-state index in [2.05, 4.69) is 20.4 Å². The highest BCUT2D eigenvalue weighted by Crippen LogP contribution is 2.36. The molecule has 26 heavy (non-hydrogen) atoms. The quantitative estimate of drug-likeness (QED) is 0.450. The fraction of sp³-hybridized carbons (Fsp3) is 0.353. The number of rotatable bonds is 7. The van der Waals surface area contributed by atoms with Crippen LogP contribution < -0.4 is 4.90 Å². The van der Waals surface area contributed by atoms with Crippen molar-refractivity contribution in [1.82, 2.24) is 20.4 Å². The minimum Gasteiger partial charge on any atom is -0.420 e. The van der Waals surface area contributed by atoms with Crippen molar-refractivity contribution in [2.24, 2.45) is 0 Å². The van der Waals surface area contributed by atoms with E-state index >= 15 is 0 Å². The summed E-state index contributed by atoms with van der Waals surface area (Å²) in [5, 5.41) is 17.2. The average molecular weight is 387 g/mol. The van der Waals surface area contributed by atoms with Gasteiger partial charge in [-0.05, 0) is 25.0 Å². The van der Waals surface area contributed by atoms with Crippen molar-refractivity contribution >= 4 is 34.1 Å². The zero-order valence-corrected chi connectivity index (χ0v) is 15.8. The molecule has 134 valence electrons. The van der Waals surface area contributed by atoms with Gasteiger partial charge in [-0.3, -0.25) is 9.69 Å². The molecule has 7 nitrogen and oxygen atoms in total. The van der Waals surface area contributed by atoms with Crippen molar-refractivity contribution in [2.45, 2.75) is 42.3 Å². The Morgan fingerprint density at radius 2 is 2.04 bits per heavy atom. The van der Waals surface area contributed by atoms with Gasteiger partial charge in [-0.2, -0.15) is 0 Å². The second-order valence-electron chi connectivity index (χ2n) is 5.85. The Labute approximate surface area is 158 Å². The van der Waals surface area contributed by atoms with Gasteiger partial charge in [-0.25, -0.2) is 0 Å². The fourth-order valence-electron chi connectivity index (χ4n) is 2.46. The number of carbonyl (C=O) groups excluding carboxylic acids is 1. The third-order valence-corrected chi connectivity index (χ3v) is 5.93. The molecule has 2 aromatic heterocycles. The Balaban J connectivity index is 1.41. The van der Waals surface area contributed by atoms with Crippen LogP contribution in [0.15, 0.2) is 39.1 Å². The molecule has 0 aliphatic heterocycles. The molecule has 9 heteroatoms. The molecule has 1 aliphatic rings. The maximum atomic E-state index is 12.1. The standard InChI is InChI=1S/C17H17N5O2S2/c1-2-14(23)22(12-8-9-12)16-20-21-17(26-16)25-10-13-18-19-15(24-13)11-6-4-3-5-7-11/h3-7,12H,2,8-10H2,1H3. The Kier molecular flexibility index (Phi) is 4.98. The number of nitrogens with zero attached hydrogens (tertiary/aromatic N) is 5. The molecule has 0 N–H and O–H groups in total. The largest absolute Gasteiger partial charge is 0.420 e. The Morgan fingerprint density at radius 1 is 1.23 bits per heavy atom. The van der Waals surface area contributed by atoms with Gasteiger partial charge in [0.25, 0.3) is 0 Å². The van der Waals surface area contributed by atoms with Gasteiger partial charge in [0.2, 0.25) is 22.8 Å². The number of thioether (sulfide) groups is 1. The number of anilines is 1. The summed E-state index contributed by atoms with van der Waals surface area (Å²) in [7, 11) is 0. The van der Waals surface area contributed by atoms with E-state index in [0.717, 1.165) is 22.7 Å². The topological polar surface area (TPSA) is 85.0 Å². The SMILES string of the molecule is CCC(=O)N(c1nnc(SCc2nnc(-c3ccccc3)o2)s1)C1CC1. The van der Waals surface area contributed by atoms with E-state index in [0.29, 0.717) is 29.1 Å². The maximum Gasteiger partial charge on any atom is 0.247 e. The molecule has 0 unspecified atom stereocenters. The molecule has 2 heterocycles. The molecule has 1 fully saturated rings. The third-order valence-electron chi connectivity index (χ3n) is 3.89. The predicted octanol–water partition coefficient (Wildman–Crippen LogP) is 3.79. The molecule has 0 saturated heterocycles. The van der Waals surface area contributed by atoms with Gasteiger partial charge in [0.05, 0.1) is 5.75 Å². The minimum absolute atomic E-state index is 0.101. The first-order chi connectivity index (χ1) is 12.7. The van der Waals surface area contributed by atoms with Crippen LogP contribution >= 0.6 is 23.1 Å². The van der Waals surface area contributed by atoms with Gasteiger partial charge >= 0.3 is 0 Å². The molecule has 0 spiro atoms. The van der Waals surface area contributed by atoms with E-state index in [1.807, 2.05) is 37.3 Å². The van der Waals surface area contributed by atoms with Crippen LogP contribution in [0.25, 0.3) is 11.5 Å². The smallest absolute Gasteiger partial charge is 0.247 e. The van der Waals surface area contributed by atoms with Crippen molar-refractivity contribution in [3.8, 4) is 11.5 Å². The fourth-order valence-corrected chi connectivity index (χ4v) is 4.23. The maximum absolute atomic E-state index is 12.1. The van der Waals surface area contributed by atoms with Crippen molar-refractivity contribution < 1.29 is 9.21 Å². The molecule has 1 saturated carbocycles. The van der Waals surface area contributed by atoms with Gasteiger partial charge < -0.3 is 4.42 Å². The highest BCUT2D eigenvalue weighted by molar-refractivity contribution is 8.00. The number of benzene rings is 1. The van der Waals surface area contributed by atoms with Crippen LogP contribution in [0, 0.1) is 0 Å². The predicted molar refractivity (Wildman–Crippen MR) is 100 cm³/mol. The van der Waals surface area contributed by atoms with Crippen molar-refractivity contribution in [3.05, 3.63) is 36.2 Å². The van der Waals surface area contributed by atoms with E-state index in [1.54, 1.807) is 4.90 Å². The van der Waals surface area contributed by atoms with Crippen molar-refractivity contribution in [2.75, 3.05) is 4.90 Å². The van der Waals surface area contributed by atoms with Crippen molar-refractivity contribution in [1.29, 1.82) is 0 Å². The second-order valence-corrected chi connectivity index (χ2v) is 8.03. The Morgan fingerprint density at radius 3 is 2.77 bits per heavy atom. The molecule has 1 aliphatic carbocycles. The highest BCUT2D eigenvalue weighted by Gasteiger charge is 2.35.